The molecule has 1 heterocycles. The number of hydrogen-bond donors (Lipinski definition) is 1. The van der Waals surface area contributed by atoms with Crippen molar-refractivity contribution in [1.29, 1.82) is 0 Å². The summed E-state index contributed by atoms with van der Waals surface area (Å²) in [4.78, 5) is 2.39. The number of ether oxygens (including phenoxy) is 1. The summed E-state index contributed by atoms with van der Waals surface area (Å²) < 4.78 is 18.3. The Hall–Kier alpha value is -0.970. The van der Waals surface area contributed by atoms with Crippen LogP contribution in [0.25, 0.3) is 0 Å². The lowest BCUT2D eigenvalue weighted by molar-refractivity contribution is 0.152. The highest BCUT2D eigenvalue weighted by Crippen LogP contribution is 2.20. The summed E-state index contributed by atoms with van der Waals surface area (Å²) >= 11 is 0. The van der Waals surface area contributed by atoms with Crippen LogP contribution in [0.3, 0.4) is 0 Å². The lowest BCUT2D eigenvalue weighted by Crippen LogP contribution is -2.22. The SMILES string of the molecule is COCC1CCN(Cc2ccc(F)cc2CN)C1. The van der Waals surface area contributed by atoms with E-state index >= 15 is 0 Å². The molecule has 0 aromatic heterocycles. The maximum absolute atomic E-state index is 13.1. The predicted octanol–water partition coefficient (Wildman–Crippen LogP) is 1.75. The first-order chi connectivity index (χ1) is 8.72. The zero-order valence-corrected chi connectivity index (χ0v) is 10.9. The minimum atomic E-state index is -0.210. The van der Waals surface area contributed by atoms with Crippen molar-refractivity contribution < 1.29 is 9.13 Å². The van der Waals surface area contributed by atoms with E-state index in [9.17, 15) is 4.39 Å². The molecule has 2 N–H and O–H groups in total. The van der Waals surface area contributed by atoms with E-state index in [2.05, 4.69) is 4.90 Å². The van der Waals surface area contributed by atoms with Gasteiger partial charge in [0.05, 0.1) is 6.61 Å². The normalized spacial score (nSPS) is 20.5. The molecular formula is C14H21FN2O. The summed E-state index contributed by atoms with van der Waals surface area (Å²) in [5.74, 6) is 0.412. The second-order valence-electron chi connectivity index (χ2n) is 4.96. The van der Waals surface area contributed by atoms with E-state index in [1.165, 1.54) is 18.6 Å². The molecule has 100 valence electrons. The summed E-state index contributed by atoms with van der Waals surface area (Å²) in [7, 11) is 1.75. The van der Waals surface area contributed by atoms with Gasteiger partial charge in [-0.05, 0) is 42.1 Å². The van der Waals surface area contributed by atoms with Gasteiger partial charge in [0.1, 0.15) is 5.82 Å². The third-order valence-electron chi connectivity index (χ3n) is 3.55. The first-order valence-electron chi connectivity index (χ1n) is 6.41. The van der Waals surface area contributed by atoms with E-state index in [1.54, 1.807) is 7.11 Å². The second kappa shape index (κ2) is 6.27. The van der Waals surface area contributed by atoms with Gasteiger partial charge in [-0.15, -0.1) is 0 Å². The van der Waals surface area contributed by atoms with Crippen molar-refractivity contribution in [2.75, 3.05) is 26.8 Å². The van der Waals surface area contributed by atoms with E-state index in [4.69, 9.17) is 10.5 Å². The van der Waals surface area contributed by atoms with Crippen LogP contribution in [0, 0.1) is 11.7 Å². The second-order valence-corrected chi connectivity index (χ2v) is 4.96. The Labute approximate surface area is 108 Å². The maximum Gasteiger partial charge on any atom is 0.123 e. The highest BCUT2D eigenvalue weighted by molar-refractivity contribution is 5.27. The van der Waals surface area contributed by atoms with Crippen LogP contribution >= 0.6 is 0 Å². The molecule has 1 aromatic carbocycles. The van der Waals surface area contributed by atoms with Crippen LogP contribution in [0.15, 0.2) is 18.2 Å². The maximum atomic E-state index is 13.1. The third-order valence-corrected chi connectivity index (χ3v) is 3.55. The summed E-state index contributed by atoms with van der Waals surface area (Å²) in [6.07, 6.45) is 1.17. The Morgan fingerprint density at radius 3 is 3.00 bits per heavy atom. The van der Waals surface area contributed by atoms with Crippen LogP contribution < -0.4 is 5.73 Å². The van der Waals surface area contributed by atoms with Crippen LogP contribution in [-0.4, -0.2) is 31.7 Å². The first kappa shape index (κ1) is 13.5. The van der Waals surface area contributed by atoms with Crippen LogP contribution in [0.2, 0.25) is 0 Å². The molecule has 0 aliphatic carbocycles. The predicted molar refractivity (Wildman–Crippen MR) is 69.6 cm³/mol. The summed E-state index contributed by atoms with van der Waals surface area (Å²) in [6.45, 7) is 4.20. The number of methoxy groups -OCH3 is 1. The summed E-state index contributed by atoms with van der Waals surface area (Å²) in [6, 6.07) is 4.90. The van der Waals surface area contributed by atoms with Gasteiger partial charge in [-0.3, -0.25) is 4.90 Å². The molecule has 1 atom stereocenters. The lowest BCUT2D eigenvalue weighted by Gasteiger charge is -2.18. The molecule has 2 rings (SSSR count). The van der Waals surface area contributed by atoms with Crippen LogP contribution in [0.1, 0.15) is 17.5 Å². The monoisotopic (exact) mass is 252 g/mol. The fraction of sp³-hybridized carbons (Fsp3) is 0.571. The Balaban J connectivity index is 1.98. The lowest BCUT2D eigenvalue weighted by atomic mass is 10.1. The molecule has 0 radical (unpaired) electrons. The molecule has 0 bridgehead atoms. The quantitative estimate of drug-likeness (QED) is 0.867. The van der Waals surface area contributed by atoms with Gasteiger partial charge in [0.2, 0.25) is 0 Å². The van der Waals surface area contributed by atoms with Crippen molar-refractivity contribution in [3.8, 4) is 0 Å². The number of nitrogens with two attached hydrogens (primary N) is 1. The molecule has 18 heavy (non-hydrogen) atoms. The molecule has 1 saturated heterocycles. The van der Waals surface area contributed by atoms with E-state index in [-0.39, 0.29) is 5.82 Å². The minimum Gasteiger partial charge on any atom is -0.384 e. The molecule has 4 heteroatoms. The van der Waals surface area contributed by atoms with E-state index < -0.39 is 0 Å². The topological polar surface area (TPSA) is 38.5 Å². The van der Waals surface area contributed by atoms with Gasteiger partial charge in [0.25, 0.3) is 0 Å². The molecule has 1 aliphatic heterocycles. The molecule has 1 aromatic rings. The molecule has 0 saturated carbocycles. The fourth-order valence-corrected chi connectivity index (χ4v) is 2.61. The number of hydrogen-bond acceptors (Lipinski definition) is 3. The molecule has 1 aliphatic rings. The van der Waals surface area contributed by atoms with Gasteiger partial charge >= 0.3 is 0 Å². The Morgan fingerprint density at radius 2 is 2.28 bits per heavy atom. The van der Waals surface area contributed by atoms with Crippen molar-refractivity contribution in [3.63, 3.8) is 0 Å². The highest BCUT2D eigenvalue weighted by Gasteiger charge is 2.22. The van der Waals surface area contributed by atoms with Crippen molar-refractivity contribution >= 4 is 0 Å². The summed E-state index contributed by atoms with van der Waals surface area (Å²) in [5.41, 5.74) is 7.71. The number of rotatable bonds is 5. The van der Waals surface area contributed by atoms with Gasteiger partial charge in [-0.1, -0.05) is 6.07 Å². The van der Waals surface area contributed by atoms with Gasteiger partial charge in [0, 0.05) is 26.7 Å². The molecular weight excluding hydrogens is 231 g/mol. The number of halogens is 1. The van der Waals surface area contributed by atoms with Crippen molar-refractivity contribution in [2.45, 2.75) is 19.5 Å². The van der Waals surface area contributed by atoms with Gasteiger partial charge in [0.15, 0.2) is 0 Å². The largest absolute Gasteiger partial charge is 0.384 e. The van der Waals surface area contributed by atoms with Gasteiger partial charge in [-0.25, -0.2) is 4.39 Å². The minimum absolute atomic E-state index is 0.210. The van der Waals surface area contributed by atoms with Crippen molar-refractivity contribution in [3.05, 3.63) is 35.1 Å². The molecule has 1 fully saturated rings. The van der Waals surface area contributed by atoms with Gasteiger partial charge in [-0.2, -0.15) is 0 Å². The van der Waals surface area contributed by atoms with E-state index in [0.29, 0.717) is 12.5 Å². The average Bonchev–Trinajstić information content (AvgIpc) is 2.79. The molecule has 1 unspecified atom stereocenters. The molecule has 3 nitrogen and oxygen atoms in total. The van der Waals surface area contributed by atoms with Crippen LogP contribution in [-0.2, 0) is 17.8 Å². The van der Waals surface area contributed by atoms with Crippen molar-refractivity contribution in [2.24, 2.45) is 11.7 Å². The van der Waals surface area contributed by atoms with Gasteiger partial charge < -0.3 is 10.5 Å². The smallest absolute Gasteiger partial charge is 0.123 e. The zero-order valence-electron chi connectivity index (χ0n) is 10.9. The Bertz CT molecular complexity index is 397. The number of likely N-dealkylation sites (tertiary alicyclic amines) is 1. The Morgan fingerprint density at radius 1 is 1.44 bits per heavy atom. The van der Waals surface area contributed by atoms with E-state index in [1.807, 2.05) is 6.07 Å². The summed E-state index contributed by atoms with van der Waals surface area (Å²) in [5, 5.41) is 0. The standard InChI is InChI=1S/C14H21FN2O/c1-18-10-11-4-5-17(8-11)9-12-2-3-14(15)6-13(12)7-16/h2-3,6,11H,4-5,7-10,16H2,1H3. The van der Waals surface area contributed by atoms with Crippen LogP contribution in [0.4, 0.5) is 4.39 Å². The zero-order chi connectivity index (χ0) is 13.0. The Kier molecular flexibility index (Phi) is 4.69. The third kappa shape index (κ3) is 3.28. The van der Waals surface area contributed by atoms with E-state index in [0.717, 1.165) is 37.4 Å². The van der Waals surface area contributed by atoms with Crippen LogP contribution in [0.5, 0.6) is 0 Å². The molecule has 0 amide bonds. The molecule has 0 spiro atoms. The number of nitrogens with zero attached hydrogens (tertiary/aromatic N) is 1. The fourth-order valence-electron chi connectivity index (χ4n) is 2.61. The first-order valence-corrected chi connectivity index (χ1v) is 6.41. The van der Waals surface area contributed by atoms with Crippen molar-refractivity contribution in [1.82, 2.24) is 4.90 Å². The average molecular weight is 252 g/mol. The highest BCUT2D eigenvalue weighted by atomic mass is 19.1. The number of benzene rings is 1.